The Hall–Kier alpha value is -2.35. The molecule has 8 heteroatoms. The Morgan fingerprint density at radius 3 is 2.33 bits per heavy atom. The Balaban J connectivity index is 1.81. The normalized spacial score (nSPS) is 17.3. The van der Waals surface area contributed by atoms with Crippen molar-refractivity contribution in [3.63, 3.8) is 0 Å². The van der Waals surface area contributed by atoms with Gasteiger partial charge in [-0.1, -0.05) is 20.8 Å². The van der Waals surface area contributed by atoms with Gasteiger partial charge in [-0.05, 0) is 6.42 Å². The molecule has 1 saturated heterocycles. The Labute approximate surface area is 164 Å². The van der Waals surface area contributed by atoms with Crippen LogP contribution in [0.3, 0.4) is 0 Å². The standard InChI is InChI=1S/C19H26N4O3S/c1-19(2,3)17-20-18(27-21-17)22(4)15-7-8-23(16(15)24)12-9-13(25-5)11-14(10-12)26-6/h9-11,15H,7-8H2,1-6H3. The third-order valence-electron chi connectivity index (χ3n) is 4.68. The minimum absolute atomic E-state index is 0.0420. The van der Waals surface area contributed by atoms with E-state index in [2.05, 4.69) is 30.1 Å². The number of methoxy groups -OCH3 is 2. The SMILES string of the molecule is COc1cc(OC)cc(N2CCC(N(C)c3nc(C(C)(C)C)ns3)C2=O)c1. The van der Waals surface area contributed by atoms with Crippen LogP contribution in [0, 0.1) is 0 Å². The van der Waals surface area contributed by atoms with Gasteiger partial charge in [0.2, 0.25) is 11.0 Å². The number of amides is 1. The van der Waals surface area contributed by atoms with Crippen LogP contribution < -0.4 is 19.3 Å². The number of anilines is 2. The maximum atomic E-state index is 13.1. The van der Waals surface area contributed by atoms with Crippen molar-refractivity contribution in [2.75, 3.05) is 37.6 Å². The summed E-state index contributed by atoms with van der Waals surface area (Å²) < 4.78 is 15.1. The average molecular weight is 391 g/mol. The largest absolute Gasteiger partial charge is 0.497 e. The third-order valence-corrected chi connectivity index (χ3v) is 5.49. The van der Waals surface area contributed by atoms with E-state index < -0.39 is 0 Å². The fourth-order valence-corrected chi connectivity index (χ4v) is 3.89. The van der Waals surface area contributed by atoms with Crippen LogP contribution in [0.4, 0.5) is 10.8 Å². The molecule has 2 heterocycles. The molecule has 1 fully saturated rings. The minimum atomic E-state index is -0.261. The van der Waals surface area contributed by atoms with Gasteiger partial charge in [-0.3, -0.25) is 4.79 Å². The summed E-state index contributed by atoms with van der Waals surface area (Å²) >= 11 is 1.34. The predicted octanol–water partition coefficient (Wildman–Crippen LogP) is 3.09. The smallest absolute Gasteiger partial charge is 0.249 e. The maximum absolute atomic E-state index is 13.1. The van der Waals surface area contributed by atoms with Gasteiger partial charge in [0.05, 0.1) is 19.9 Å². The third kappa shape index (κ3) is 3.85. The molecule has 0 N–H and O–H groups in total. The van der Waals surface area contributed by atoms with Crippen molar-refractivity contribution in [1.29, 1.82) is 0 Å². The summed E-state index contributed by atoms with van der Waals surface area (Å²) in [4.78, 5) is 21.4. The molecule has 0 aliphatic carbocycles. The number of likely N-dealkylation sites (N-methyl/N-ethyl adjacent to an activating group) is 1. The molecule has 146 valence electrons. The molecule has 0 bridgehead atoms. The summed E-state index contributed by atoms with van der Waals surface area (Å²) in [5.41, 5.74) is 0.665. The zero-order chi connectivity index (χ0) is 19.8. The Morgan fingerprint density at radius 1 is 1.19 bits per heavy atom. The van der Waals surface area contributed by atoms with Gasteiger partial charge < -0.3 is 19.3 Å². The van der Waals surface area contributed by atoms with Gasteiger partial charge in [0.25, 0.3) is 0 Å². The van der Waals surface area contributed by atoms with Crippen molar-refractivity contribution in [3.05, 3.63) is 24.0 Å². The van der Waals surface area contributed by atoms with Crippen LogP contribution in [-0.2, 0) is 10.2 Å². The first kappa shape index (κ1) is 19.4. The number of rotatable bonds is 5. The second-order valence-electron chi connectivity index (χ2n) is 7.63. The minimum Gasteiger partial charge on any atom is -0.497 e. The summed E-state index contributed by atoms with van der Waals surface area (Å²) in [7, 11) is 5.11. The highest BCUT2D eigenvalue weighted by Gasteiger charge is 2.37. The van der Waals surface area contributed by atoms with Crippen LogP contribution in [-0.4, -0.2) is 49.1 Å². The molecule has 1 atom stereocenters. The van der Waals surface area contributed by atoms with E-state index in [4.69, 9.17) is 9.47 Å². The molecule has 2 aromatic rings. The molecular weight excluding hydrogens is 364 g/mol. The van der Waals surface area contributed by atoms with Gasteiger partial charge in [-0.25, -0.2) is 4.98 Å². The van der Waals surface area contributed by atoms with Crippen molar-refractivity contribution in [1.82, 2.24) is 9.36 Å². The van der Waals surface area contributed by atoms with E-state index in [1.165, 1.54) is 11.5 Å². The van der Waals surface area contributed by atoms with E-state index >= 15 is 0 Å². The summed E-state index contributed by atoms with van der Waals surface area (Å²) in [6.45, 7) is 6.88. The summed E-state index contributed by atoms with van der Waals surface area (Å²) in [5, 5.41) is 0.767. The van der Waals surface area contributed by atoms with E-state index in [0.29, 0.717) is 18.0 Å². The van der Waals surface area contributed by atoms with Crippen LogP contribution in [0.15, 0.2) is 18.2 Å². The molecule has 0 radical (unpaired) electrons. The summed E-state index contributed by atoms with van der Waals surface area (Å²) in [6, 6.07) is 5.24. The predicted molar refractivity (Wildman–Crippen MR) is 107 cm³/mol. The lowest BCUT2D eigenvalue weighted by atomic mass is 9.96. The van der Waals surface area contributed by atoms with Gasteiger partial charge in [0.15, 0.2) is 0 Å². The quantitative estimate of drug-likeness (QED) is 0.782. The molecule has 1 amide bonds. The van der Waals surface area contributed by atoms with Crippen LogP contribution in [0.5, 0.6) is 11.5 Å². The second kappa shape index (κ2) is 7.34. The number of hydrogen-bond donors (Lipinski definition) is 0. The van der Waals surface area contributed by atoms with Crippen LogP contribution in [0.2, 0.25) is 0 Å². The fraction of sp³-hybridized carbons (Fsp3) is 0.526. The van der Waals surface area contributed by atoms with Crippen molar-refractivity contribution in [2.24, 2.45) is 0 Å². The summed E-state index contributed by atoms with van der Waals surface area (Å²) in [5.74, 6) is 2.16. The number of nitrogens with zero attached hydrogens (tertiary/aromatic N) is 4. The van der Waals surface area contributed by atoms with Gasteiger partial charge in [0.1, 0.15) is 23.4 Å². The summed E-state index contributed by atoms with van der Waals surface area (Å²) in [6.07, 6.45) is 0.722. The van der Waals surface area contributed by atoms with Crippen molar-refractivity contribution in [2.45, 2.75) is 38.6 Å². The van der Waals surface area contributed by atoms with E-state index in [1.807, 2.05) is 24.1 Å². The number of benzene rings is 1. The lowest BCUT2D eigenvalue weighted by Crippen LogP contribution is -2.39. The van der Waals surface area contributed by atoms with Crippen LogP contribution in [0.25, 0.3) is 0 Å². The average Bonchev–Trinajstić information content (AvgIpc) is 3.27. The van der Waals surface area contributed by atoms with Gasteiger partial charge in [0, 0.05) is 48.7 Å². The fourth-order valence-electron chi connectivity index (χ4n) is 3.03. The van der Waals surface area contributed by atoms with E-state index in [1.54, 1.807) is 25.2 Å². The molecule has 1 aliphatic heterocycles. The van der Waals surface area contributed by atoms with Gasteiger partial charge in [-0.15, -0.1) is 0 Å². The number of carbonyl (C=O) groups is 1. The first-order valence-electron chi connectivity index (χ1n) is 8.86. The molecular formula is C19H26N4O3S. The van der Waals surface area contributed by atoms with Crippen molar-refractivity contribution < 1.29 is 14.3 Å². The van der Waals surface area contributed by atoms with Gasteiger partial charge >= 0.3 is 0 Å². The van der Waals surface area contributed by atoms with E-state index in [-0.39, 0.29) is 17.4 Å². The zero-order valence-electron chi connectivity index (χ0n) is 16.6. The van der Waals surface area contributed by atoms with E-state index in [0.717, 1.165) is 23.1 Å². The molecule has 1 aromatic heterocycles. The first-order valence-corrected chi connectivity index (χ1v) is 9.63. The highest BCUT2D eigenvalue weighted by atomic mass is 32.1. The Bertz CT molecular complexity index is 808. The van der Waals surface area contributed by atoms with Crippen molar-refractivity contribution in [3.8, 4) is 11.5 Å². The topological polar surface area (TPSA) is 67.8 Å². The zero-order valence-corrected chi connectivity index (χ0v) is 17.5. The number of aromatic nitrogens is 2. The highest BCUT2D eigenvalue weighted by Crippen LogP contribution is 2.33. The maximum Gasteiger partial charge on any atom is 0.249 e. The monoisotopic (exact) mass is 390 g/mol. The van der Waals surface area contributed by atoms with Crippen molar-refractivity contribution >= 4 is 28.3 Å². The highest BCUT2D eigenvalue weighted by molar-refractivity contribution is 7.09. The second-order valence-corrected chi connectivity index (χ2v) is 8.36. The first-order chi connectivity index (χ1) is 12.7. The molecule has 1 aromatic carbocycles. The number of ether oxygens (including phenoxy) is 2. The van der Waals surface area contributed by atoms with E-state index in [9.17, 15) is 4.79 Å². The van der Waals surface area contributed by atoms with Crippen LogP contribution >= 0.6 is 11.5 Å². The lowest BCUT2D eigenvalue weighted by Gasteiger charge is -2.23. The Kier molecular flexibility index (Phi) is 5.28. The van der Waals surface area contributed by atoms with Crippen LogP contribution in [0.1, 0.15) is 33.0 Å². The number of carbonyl (C=O) groups excluding carboxylic acids is 1. The molecule has 27 heavy (non-hydrogen) atoms. The van der Waals surface area contributed by atoms with Gasteiger partial charge in [-0.2, -0.15) is 4.37 Å². The molecule has 1 unspecified atom stereocenters. The lowest BCUT2D eigenvalue weighted by molar-refractivity contribution is -0.118. The molecule has 1 aliphatic rings. The molecule has 0 spiro atoms. The molecule has 3 rings (SSSR count). The Morgan fingerprint density at radius 2 is 1.81 bits per heavy atom. The molecule has 0 saturated carbocycles. The molecule has 7 nitrogen and oxygen atoms in total. The number of hydrogen-bond acceptors (Lipinski definition) is 7.